The van der Waals surface area contributed by atoms with Gasteiger partial charge in [0.2, 0.25) is 5.91 Å². The largest absolute Gasteiger partial charge is 0.374 e. The van der Waals surface area contributed by atoms with Crippen molar-refractivity contribution in [2.45, 2.75) is 87.6 Å². The number of carbonyl (C=O) groups excluding carboxylic acids is 1. The van der Waals surface area contributed by atoms with E-state index >= 15 is 0 Å². The molecule has 10 heteroatoms. The molecule has 0 radical (unpaired) electrons. The molecule has 164 valence electrons. The summed E-state index contributed by atoms with van der Waals surface area (Å²) in [5.74, 6) is -2.48. The van der Waals surface area contributed by atoms with Gasteiger partial charge in [-0.1, -0.05) is 0 Å². The van der Waals surface area contributed by atoms with Crippen LogP contribution in [0.3, 0.4) is 0 Å². The van der Waals surface area contributed by atoms with Gasteiger partial charge in [0.1, 0.15) is 6.23 Å². The van der Waals surface area contributed by atoms with Crippen molar-refractivity contribution < 1.29 is 18.7 Å². The zero-order valence-electron chi connectivity index (χ0n) is 16.8. The van der Waals surface area contributed by atoms with E-state index in [0.717, 1.165) is 25.7 Å². The van der Waals surface area contributed by atoms with Crippen molar-refractivity contribution in [1.82, 2.24) is 15.1 Å². The Kier molecular flexibility index (Phi) is 5.55. The number of aliphatic hydroxyl groups excluding tert-OH is 1. The van der Waals surface area contributed by atoms with Gasteiger partial charge in [0.15, 0.2) is 5.82 Å². The zero-order chi connectivity index (χ0) is 21.5. The van der Waals surface area contributed by atoms with Gasteiger partial charge in [0, 0.05) is 37.0 Å². The average molecular weight is 422 g/mol. The van der Waals surface area contributed by atoms with E-state index in [1.54, 1.807) is 10.9 Å². The summed E-state index contributed by atoms with van der Waals surface area (Å²) in [6.07, 6.45) is 4.72. The maximum Gasteiger partial charge on any atom is 0.251 e. The molecule has 0 aromatic carbocycles. The van der Waals surface area contributed by atoms with Gasteiger partial charge in [0.05, 0.1) is 23.6 Å². The lowest BCUT2D eigenvalue weighted by Crippen LogP contribution is -2.53. The molecule has 1 atom stereocenters. The number of nitriles is 1. The van der Waals surface area contributed by atoms with Crippen molar-refractivity contribution in [2.75, 3.05) is 5.32 Å². The monoisotopic (exact) mass is 422 g/mol. The van der Waals surface area contributed by atoms with Crippen LogP contribution in [-0.4, -0.2) is 38.8 Å². The van der Waals surface area contributed by atoms with E-state index in [9.17, 15) is 23.9 Å². The van der Waals surface area contributed by atoms with Gasteiger partial charge in [0.25, 0.3) is 5.92 Å². The summed E-state index contributed by atoms with van der Waals surface area (Å²) in [7, 11) is 0. The highest BCUT2D eigenvalue weighted by Gasteiger charge is 2.47. The number of halogens is 2. The summed E-state index contributed by atoms with van der Waals surface area (Å²) in [6.45, 7) is 0. The second kappa shape index (κ2) is 7.87. The number of aliphatic hydroxyl groups is 1. The highest BCUT2D eigenvalue weighted by atomic mass is 19.3. The fourth-order valence-electron chi connectivity index (χ4n) is 4.58. The number of nitrogens with one attached hydrogen (secondary N) is 2. The van der Waals surface area contributed by atoms with Crippen molar-refractivity contribution in [3.63, 3.8) is 0 Å². The van der Waals surface area contributed by atoms with Gasteiger partial charge in [-0.15, -0.1) is 0 Å². The number of nitrogens with zero attached hydrogens (tertiary/aromatic N) is 3. The lowest BCUT2D eigenvalue weighted by molar-refractivity contribution is -0.117. The summed E-state index contributed by atoms with van der Waals surface area (Å²) in [5.41, 5.74) is 5.41. The second-order valence-electron chi connectivity index (χ2n) is 9.05. The first-order chi connectivity index (χ1) is 14.2. The highest BCUT2D eigenvalue weighted by Crippen LogP contribution is 2.42. The van der Waals surface area contributed by atoms with Crippen molar-refractivity contribution in [2.24, 2.45) is 11.7 Å². The van der Waals surface area contributed by atoms with Crippen LogP contribution in [0.2, 0.25) is 0 Å². The van der Waals surface area contributed by atoms with Gasteiger partial charge < -0.3 is 21.5 Å². The molecule has 0 saturated heterocycles. The van der Waals surface area contributed by atoms with Crippen molar-refractivity contribution in [1.29, 1.82) is 5.26 Å². The zero-order valence-corrected chi connectivity index (χ0v) is 16.8. The molecule has 3 fully saturated rings. The van der Waals surface area contributed by atoms with Crippen LogP contribution in [-0.2, 0) is 10.3 Å². The number of hydrogen-bond acceptors (Lipinski definition) is 6. The number of aromatic nitrogens is 2. The van der Waals surface area contributed by atoms with E-state index in [1.807, 2.05) is 0 Å². The first kappa shape index (κ1) is 21.2. The molecule has 30 heavy (non-hydrogen) atoms. The summed E-state index contributed by atoms with van der Waals surface area (Å²) in [5, 5.41) is 30.0. The highest BCUT2D eigenvalue weighted by molar-refractivity contribution is 5.93. The van der Waals surface area contributed by atoms with Crippen molar-refractivity contribution in [3.05, 3.63) is 11.8 Å². The molecule has 5 N–H and O–H groups in total. The maximum atomic E-state index is 13.1. The van der Waals surface area contributed by atoms with Gasteiger partial charge >= 0.3 is 0 Å². The molecule has 4 rings (SSSR count). The summed E-state index contributed by atoms with van der Waals surface area (Å²) < 4.78 is 27.8. The first-order valence-electron chi connectivity index (χ1n) is 10.6. The molecule has 1 unspecified atom stereocenters. The summed E-state index contributed by atoms with van der Waals surface area (Å²) in [6, 6.07) is 2.21. The molecular weight excluding hydrogens is 394 g/mol. The van der Waals surface area contributed by atoms with E-state index < -0.39 is 17.7 Å². The molecule has 3 aliphatic rings. The number of rotatable bonds is 7. The molecule has 0 spiro atoms. The Bertz CT molecular complexity index is 829. The fourth-order valence-corrected chi connectivity index (χ4v) is 4.58. The van der Waals surface area contributed by atoms with E-state index in [0.29, 0.717) is 18.4 Å². The van der Waals surface area contributed by atoms with Crippen LogP contribution in [0.25, 0.3) is 0 Å². The Morgan fingerprint density at radius 2 is 2.00 bits per heavy atom. The molecule has 0 bridgehead atoms. The van der Waals surface area contributed by atoms with E-state index in [1.165, 1.54) is 0 Å². The Labute approximate surface area is 173 Å². The van der Waals surface area contributed by atoms with Crippen LogP contribution in [0, 0.1) is 17.2 Å². The number of carbonyl (C=O) groups is 1. The Morgan fingerprint density at radius 3 is 2.53 bits per heavy atom. The Morgan fingerprint density at radius 1 is 1.33 bits per heavy atom. The van der Waals surface area contributed by atoms with Gasteiger partial charge in [-0.05, 0) is 38.5 Å². The third-order valence-corrected chi connectivity index (χ3v) is 6.62. The molecule has 0 aliphatic heterocycles. The van der Waals surface area contributed by atoms with Crippen LogP contribution in [0.5, 0.6) is 0 Å². The minimum Gasteiger partial charge on any atom is -0.374 e. The predicted octanol–water partition coefficient (Wildman–Crippen LogP) is 2.12. The van der Waals surface area contributed by atoms with Crippen LogP contribution in [0.4, 0.5) is 14.6 Å². The number of alkyl halides is 2. The van der Waals surface area contributed by atoms with Gasteiger partial charge in [-0.25, -0.2) is 8.78 Å². The molecule has 1 aromatic rings. The minimum atomic E-state index is -2.55. The minimum absolute atomic E-state index is 0.0219. The predicted molar refractivity (Wildman–Crippen MR) is 104 cm³/mol. The molecule has 8 nitrogen and oxygen atoms in total. The molecular formula is C20H28F2N6O2. The van der Waals surface area contributed by atoms with Crippen LogP contribution in [0.1, 0.15) is 69.6 Å². The van der Waals surface area contributed by atoms with Crippen molar-refractivity contribution in [3.8, 4) is 6.07 Å². The topological polar surface area (TPSA) is 129 Å². The van der Waals surface area contributed by atoms with Crippen LogP contribution < -0.4 is 16.4 Å². The number of anilines is 1. The second-order valence-corrected chi connectivity index (χ2v) is 9.05. The molecule has 3 saturated carbocycles. The van der Waals surface area contributed by atoms with E-state index in [2.05, 4.69) is 21.8 Å². The average Bonchev–Trinajstić information content (AvgIpc) is 3.42. The molecule has 1 aromatic heterocycles. The van der Waals surface area contributed by atoms with Crippen molar-refractivity contribution >= 4 is 11.7 Å². The third-order valence-electron chi connectivity index (χ3n) is 6.62. The SMILES string of the molecule is N#CCC1(n2cc(C(N)O)c(NC(=O)C3CC3)n2)CCC(NC2CC(F)(F)C2)CC1. The standard InChI is InChI=1S/C20H28F2N6O2/c21-20(22)9-14(10-20)25-13-3-5-19(6-4-13,7-8-23)28-11-15(16(24)29)17(27-28)26-18(30)12-1-2-12/h11-14,16,25,29H,1-7,9-10,24H2,(H,26,27,30). The number of nitrogens with two attached hydrogens (primary N) is 1. The smallest absolute Gasteiger partial charge is 0.251 e. The lowest BCUT2D eigenvalue weighted by atomic mass is 9.76. The lowest BCUT2D eigenvalue weighted by Gasteiger charge is -2.43. The summed E-state index contributed by atoms with van der Waals surface area (Å²) >= 11 is 0. The molecule has 1 heterocycles. The molecule has 3 aliphatic carbocycles. The molecule has 1 amide bonds. The Hall–Kier alpha value is -2.09. The van der Waals surface area contributed by atoms with Crippen LogP contribution >= 0.6 is 0 Å². The maximum absolute atomic E-state index is 13.1. The fraction of sp³-hybridized carbons (Fsp3) is 0.750. The van der Waals surface area contributed by atoms with E-state index in [4.69, 9.17) is 5.73 Å². The van der Waals surface area contributed by atoms with Gasteiger partial charge in [-0.3, -0.25) is 9.48 Å². The third kappa shape index (κ3) is 4.33. The summed E-state index contributed by atoms with van der Waals surface area (Å²) in [4.78, 5) is 12.2. The number of amides is 1. The number of hydrogen-bond donors (Lipinski definition) is 4. The van der Waals surface area contributed by atoms with Gasteiger partial charge in [-0.2, -0.15) is 10.4 Å². The Balaban J connectivity index is 1.47. The first-order valence-corrected chi connectivity index (χ1v) is 10.6. The normalized spacial score (nSPS) is 29.6. The van der Waals surface area contributed by atoms with E-state index in [-0.39, 0.29) is 49.0 Å². The van der Waals surface area contributed by atoms with Crippen LogP contribution in [0.15, 0.2) is 6.20 Å². The quantitative estimate of drug-likeness (QED) is 0.498.